The Bertz CT molecular complexity index is 720. The third kappa shape index (κ3) is 3.17. The van der Waals surface area contributed by atoms with Crippen LogP contribution in [0.15, 0.2) is 45.5 Å². The van der Waals surface area contributed by atoms with Gasteiger partial charge >= 0.3 is 5.97 Å². The predicted octanol–water partition coefficient (Wildman–Crippen LogP) is 2.82. The van der Waals surface area contributed by atoms with Gasteiger partial charge in [-0.05, 0) is 23.6 Å². The van der Waals surface area contributed by atoms with Crippen molar-refractivity contribution in [2.75, 3.05) is 5.75 Å². The first kappa shape index (κ1) is 13.9. The maximum absolute atomic E-state index is 10.7. The highest BCUT2D eigenvalue weighted by atomic mass is 32.2. The summed E-state index contributed by atoms with van der Waals surface area (Å²) in [5.41, 5.74) is 0. The number of carbonyl (C=O) groups is 1. The number of thiophene rings is 1. The number of rotatable bonds is 6. The van der Waals surface area contributed by atoms with E-state index in [1.54, 1.807) is 17.6 Å². The van der Waals surface area contributed by atoms with Crippen LogP contribution >= 0.6 is 23.1 Å². The highest BCUT2D eigenvalue weighted by Crippen LogP contribution is 2.28. The Morgan fingerprint density at radius 1 is 1.38 bits per heavy atom. The molecule has 0 aliphatic heterocycles. The van der Waals surface area contributed by atoms with Crippen molar-refractivity contribution in [3.05, 3.63) is 41.7 Å². The topological polar surface area (TPSA) is 81.1 Å². The molecule has 0 spiro atoms. The Hall–Kier alpha value is -2.06. The minimum Gasteiger partial charge on any atom is -0.481 e. The molecule has 3 aromatic heterocycles. The average Bonchev–Trinajstić information content (AvgIpc) is 3.18. The van der Waals surface area contributed by atoms with E-state index in [2.05, 4.69) is 10.2 Å². The Labute approximate surface area is 128 Å². The Balaban J connectivity index is 1.94. The third-order valence-electron chi connectivity index (χ3n) is 2.68. The summed E-state index contributed by atoms with van der Waals surface area (Å²) in [6.45, 7) is 0.467. The minimum absolute atomic E-state index is 0.0548. The Morgan fingerprint density at radius 3 is 2.95 bits per heavy atom. The van der Waals surface area contributed by atoms with E-state index in [-0.39, 0.29) is 5.75 Å². The summed E-state index contributed by atoms with van der Waals surface area (Å²) in [6, 6.07) is 7.58. The molecule has 8 heteroatoms. The van der Waals surface area contributed by atoms with Crippen LogP contribution in [0.3, 0.4) is 0 Å². The number of hydrogen-bond acceptors (Lipinski definition) is 6. The third-order valence-corrected chi connectivity index (χ3v) is 4.49. The second-order valence-electron chi connectivity index (χ2n) is 4.13. The lowest BCUT2D eigenvalue weighted by molar-refractivity contribution is -0.133. The standard InChI is InChI=1S/C13H11N3O3S2/c17-11(18)8-21-13-15-14-12(10-4-2-6-20-10)16(13)7-9-3-1-5-19-9/h1-6H,7-8H2,(H,17,18). The molecule has 0 amide bonds. The highest BCUT2D eigenvalue weighted by Gasteiger charge is 2.17. The van der Waals surface area contributed by atoms with Crippen molar-refractivity contribution in [1.29, 1.82) is 0 Å². The molecule has 0 bridgehead atoms. The summed E-state index contributed by atoms with van der Waals surface area (Å²) in [4.78, 5) is 11.7. The maximum atomic E-state index is 10.7. The van der Waals surface area contributed by atoms with Gasteiger partial charge < -0.3 is 9.52 Å². The number of aliphatic carboxylic acids is 1. The molecule has 108 valence electrons. The zero-order chi connectivity index (χ0) is 14.7. The second-order valence-corrected chi connectivity index (χ2v) is 6.02. The lowest BCUT2D eigenvalue weighted by Gasteiger charge is -2.06. The van der Waals surface area contributed by atoms with Gasteiger partial charge in [0, 0.05) is 0 Å². The van der Waals surface area contributed by atoms with Crippen LogP contribution in [0.1, 0.15) is 5.76 Å². The average molecular weight is 321 g/mol. The molecule has 0 atom stereocenters. The molecule has 0 radical (unpaired) electrons. The van der Waals surface area contributed by atoms with Crippen molar-refractivity contribution in [3.8, 4) is 10.7 Å². The molecule has 21 heavy (non-hydrogen) atoms. The van der Waals surface area contributed by atoms with Gasteiger partial charge in [0.25, 0.3) is 0 Å². The first-order valence-corrected chi connectivity index (χ1v) is 7.94. The number of aromatic nitrogens is 3. The molecule has 0 fully saturated rings. The van der Waals surface area contributed by atoms with Crippen LogP contribution < -0.4 is 0 Å². The molecule has 0 aromatic carbocycles. The van der Waals surface area contributed by atoms with E-state index in [0.29, 0.717) is 17.5 Å². The van der Waals surface area contributed by atoms with Gasteiger partial charge in [-0.25, -0.2) is 0 Å². The first-order valence-electron chi connectivity index (χ1n) is 6.08. The summed E-state index contributed by atoms with van der Waals surface area (Å²) in [5, 5.41) is 19.6. The van der Waals surface area contributed by atoms with E-state index in [1.165, 1.54) is 0 Å². The van der Waals surface area contributed by atoms with Gasteiger partial charge in [0.2, 0.25) is 0 Å². The van der Waals surface area contributed by atoms with Gasteiger partial charge in [0.1, 0.15) is 5.76 Å². The number of furan rings is 1. The Kier molecular flexibility index (Phi) is 4.07. The molecule has 0 unspecified atom stereocenters. The number of hydrogen-bond donors (Lipinski definition) is 1. The molecule has 3 heterocycles. The van der Waals surface area contributed by atoms with Crippen LogP contribution in [-0.4, -0.2) is 31.6 Å². The van der Waals surface area contributed by atoms with Crippen molar-refractivity contribution < 1.29 is 14.3 Å². The fraction of sp³-hybridized carbons (Fsp3) is 0.154. The highest BCUT2D eigenvalue weighted by molar-refractivity contribution is 7.99. The van der Waals surface area contributed by atoms with Crippen LogP contribution in [0.25, 0.3) is 10.7 Å². The Morgan fingerprint density at radius 2 is 2.29 bits per heavy atom. The summed E-state index contributed by atoms with van der Waals surface area (Å²) in [6.07, 6.45) is 1.61. The van der Waals surface area contributed by atoms with Gasteiger partial charge in [-0.15, -0.1) is 21.5 Å². The van der Waals surface area contributed by atoms with Gasteiger partial charge in [-0.1, -0.05) is 17.8 Å². The van der Waals surface area contributed by atoms with Gasteiger partial charge in [0.15, 0.2) is 11.0 Å². The number of nitrogens with zero attached hydrogens (tertiary/aromatic N) is 3. The number of carboxylic acids is 1. The van der Waals surface area contributed by atoms with E-state index in [0.717, 1.165) is 22.4 Å². The van der Waals surface area contributed by atoms with Crippen molar-refractivity contribution in [3.63, 3.8) is 0 Å². The smallest absolute Gasteiger partial charge is 0.313 e. The zero-order valence-corrected chi connectivity index (χ0v) is 12.4. The SMILES string of the molecule is O=C(O)CSc1nnc(-c2cccs2)n1Cc1ccco1. The van der Waals surface area contributed by atoms with Crippen molar-refractivity contribution in [2.24, 2.45) is 0 Å². The summed E-state index contributed by atoms with van der Waals surface area (Å²) >= 11 is 2.71. The molecule has 0 saturated heterocycles. The van der Waals surface area contributed by atoms with Crippen molar-refractivity contribution >= 4 is 29.1 Å². The fourth-order valence-electron chi connectivity index (χ4n) is 1.81. The van der Waals surface area contributed by atoms with E-state index < -0.39 is 5.97 Å². The van der Waals surface area contributed by atoms with Crippen LogP contribution in [0.4, 0.5) is 0 Å². The quantitative estimate of drug-likeness (QED) is 0.703. The molecular formula is C13H11N3O3S2. The molecular weight excluding hydrogens is 310 g/mol. The summed E-state index contributed by atoms with van der Waals surface area (Å²) in [5.74, 6) is 0.546. The van der Waals surface area contributed by atoms with Crippen molar-refractivity contribution in [2.45, 2.75) is 11.7 Å². The van der Waals surface area contributed by atoms with Crippen LogP contribution in [0.2, 0.25) is 0 Å². The molecule has 0 aliphatic rings. The molecule has 0 aliphatic carbocycles. The molecule has 3 aromatic rings. The van der Waals surface area contributed by atoms with Gasteiger partial charge in [-0.3, -0.25) is 9.36 Å². The number of carboxylic acid groups (broad SMARTS) is 1. The van der Waals surface area contributed by atoms with E-state index in [9.17, 15) is 4.79 Å². The summed E-state index contributed by atoms with van der Waals surface area (Å²) in [7, 11) is 0. The predicted molar refractivity (Wildman–Crippen MR) is 79.5 cm³/mol. The second kappa shape index (κ2) is 6.15. The summed E-state index contributed by atoms with van der Waals surface area (Å²) < 4.78 is 7.23. The first-order chi connectivity index (χ1) is 10.2. The largest absolute Gasteiger partial charge is 0.481 e. The van der Waals surface area contributed by atoms with E-state index in [4.69, 9.17) is 9.52 Å². The number of thioether (sulfide) groups is 1. The fourth-order valence-corrected chi connectivity index (χ4v) is 3.19. The molecule has 1 N–H and O–H groups in total. The molecule has 3 rings (SSSR count). The van der Waals surface area contributed by atoms with Crippen molar-refractivity contribution in [1.82, 2.24) is 14.8 Å². The van der Waals surface area contributed by atoms with Crippen LogP contribution in [-0.2, 0) is 11.3 Å². The monoisotopic (exact) mass is 321 g/mol. The van der Waals surface area contributed by atoms with Crippen LogP contribution in [0.5, 0.6) is 0 Å². The van der Waals surface area contributed by atoms with Gasteiger partial charge in [-0.2, -0.15) is 0 Å². The lowest BCUT2D eigenvalue weighted by Crippen LogP contribution is -2.05. The van der Waals surface area contributed by atoms with Crippen LogP contribution in [0, 0.1) is 0 Å². The zero-order valence-electron chi connectivity index (χ0n) is 10.8. The molecule has 6 nitrogen and oxygen atoms in total. The minimum atomic E-state index is -0.884. The van der Waals surface area contributed by atoms with Gasteiger partial charge in [0.05, 0.1) is 23.4 Å². The van der Waals surface area contributed by atoms with E-state index in [1.807, 2.05) is 34.2 Å². The maximum Gasteiger partial charge on any atom is 0.313 e. The van der Waals surface area contributed by atoms with E-state index >= 15 is 0 Å². The lowest BCUT2D eigenvalue weighted by atomic mass is 10.4. The molecule has 0 saturated carbocycles. The normalized spacial score (nSPS) is 10.9.